The molecule has 4 heteroatoms. The standard InChI is InChI=1S/C8H16N2O2/c1-4-12-8(11)5-7(9)10-6(2)3/h5-6,10H,4,9H2,1-3H3/b7-5+. The third-order valence-electron chi connectivity index (χ3n) is 1.02. The molecule has 0 rings (SSSR count). The van der Waals surface area contributed by atoms with Gasteiger partial charge in [0.1, 0.15) is 5.82 Å². The molecule has 0 heterocycles. The zero-order valence-corrected chi connectivity index (χ0v) is 7.76. The molecule has 0 bridgehead atoms. The molecule has 0 aliphatic heterocycles. The Morgan fingerprint density at radius 3 is 2.67 bits per heavy atom. The van der Waals surface area contributed by atoms with Gasteiger partial charge in [0.2, 0.25) is 0 Å². The monoisotopic (exact) mass is 172 g/mol. The molecular weight excluding hydrogens is 156 g/mol. The second-order valence-corrected chi connectivity index (χ2v) is 2.65. The van der Waals surface area contributed by atoms with E-state index in [1.807, 2.05) is 13.8 Å². The number of ether oxygens (including phenoxy) is 1. The maximum atomic E-state index is 10.8. The minimum Gasteiger partial charge on any atom is -0.463 e. The van der Waals surface area contributed by atoms with Crippen LogP contribution in [0.3, 0.4) is 0 Å². The van der Waals surface area contributed by atoms with Gasteiger partial charge in [-0.25, -0.2) is 4.79 Å². The van der Waals surface area contributed by atoms with Gasteiger partial charge in [-0.3, -0.25) is 0 Å². The van der Waals surface area contributed by atoms with Crippen molar-refractivity contribution in [2.45, 2.75) is 26.8 Å². The number of hydrogen-bond acceptors (Lipinski definition) is 4. The molecule has 0 atom stereocenters. The van der Waals surface area contributed by atoms with Crippen LogP contribution in [0.15, 0.2) is 11.9 Å². The summed E-state index contributed by atoms with van der Waals surface area (Å²) in [4.78, 5) is 10.8. The fourth-order valence-corrected chi connectivity index (χ4v) is 0.686. The SMILES string of the molecule is CCOC(=O)/C=C(\N)NC(C)C. The van der Waals surface area contributed by atoms with Crippen LogP contribution in [0.4, 0.5) is 0 Å². The molecule has 0 aliphatic carbocycles. The number of carbonyl (C=O) groups is 1. The van der Waals surface area contributed by atoms with E-state index in [4.69, 9.17) is 5.73 Å². The Morgan fingerprint density at radius 2 is 2.25 bits per heavy atom. The van der Waals surface area contributed by atoms with Gasteiger partial charge in [0.15, 0.2) is 0 Å². The van der Waals surface area contributed by atoms with Crippen molar-refractivity contribution < 1.29 is 9.53 Å². The molecular formula is C8H16N2O2. The highest BCUT2D eigenvalue weighted by molar-refractivity contribution is 5.82. The van der Waals surface area contributed by atoms with Gasteiger partial charge in [-0.2, -0.15) is 0 Å². The summed E-state index contributed by atoms with van der Waals surface area (Å²) in [6.07, 6.45) is 1.24. The van der Waals surface area contributed by atoms with Gasteiger partial charge in [0, 0.05) is 6.04 Å². The lowest BCUT2D eigenvalue weighted by molar-refractivity contribution is -0.137. The molecule has 0 radical (unpaired) electrons. The molecule has 0 amide bonds. The molecule has 0 aromatic heterocycles. The van der Waals surface area contributed by atoms with Crippen LogP contribution in [0.5, 0.6) is 0 Å². The van der Waals surface area contributed by atoms with E-state index in [0.29, 0.717) is 12.4 Å². The van der Waals surface area contributed by atoms with E-state index in [0.717, 1.165) is 0 Å². The number of rotatable bonds is 4. The van der Waals surface area contributed by atoms with Crippen molar-refractivity contribution in [2.24, 2.45) is 5.73 Å². The summed E-state index contributed by atoms with van der Waals surface area (Å²) in [7, 11) is 0. The lowest BCUT2D eigenvalue weighted by Crippen LogP contribution is -2.27. The zero-order chi connectivity index (χ0) is 9.56. The lowest BCUT2D eigenvalue weighted by Gasteiger charge is -2.08. The van der Waals surface area contributed by atoms with Gasteiger partial charge in [-0.1, -0.05) is 0 Å². The summed E-state index contributed by atoms with van der Waals surface area (Å²) in [5.74, 6) is -0.0772. The Kier molecular flexibility index (Phi) is 4.92. The first-order valence-electron chi connectivity index (χ1n) is 3.96. The number of nitrogens with two attached hydrogens (primary N) is 1. The van der Waals surface area contributed by atoms with Crippen molar-refractivity contribution in [3.63, 3.8) is 0 Å². The molecule has 4 nitrogen and oxygen atoms in total. The maximum Gasteiger partial charge on any atom is 0.334 e. The van der Waals surface area contributed by atoms with Crippen LogP contribution in [-0.2, 0) is 9.53 Å². The third-order valence-corrected chi connectivity index (χ3v) is 1.02. The van der Waals surface area contributed by atoms with E-state index >= 15 is 0 Å². The second kappa shape index (κ2) is 5.46. The average Bonchev–Trinajstić information content (AvgIpc) is 1.84. The van der Waals surface area contributed by atoms with Crippen molar-refractivity contribution in [2.75, 3.05) is 6.61 Å². The molecule has 0 saturated carbocycles. The van der Waals surface area contributed by atoms with Crippen LogP contribution >= 0.6 is 0 Å². The highest BCUT2D eigenvalue weighted by atomic mass is 16.5. The summed E-state index contributed by atoms with van der Waals surface area (Å²) in [6.45, 7) is 5.99. The third kappa shape index (κ3) is 5.58. The molecule has 0 aromatic carbocycles. The number of carbonyl (C=O) groups excluding carboxylic acids is 1. The topological polar surface area (TPSA) is 64.3 Å². The fraction of sp³-hybridized carbons (Fsp3) is 0.625. The predicted octanol–water partition coefficient (Wildman–Crippen LogP) is 0.348. The van der Waals surface area contributed by atoms with Crippen LogP contribution in [0.25, 0.3) is 0 Å². The number of esters is 1. The van der Waals surface area contributed by atoms with E-state index in [2.05, 4.69) is 10.1 Å². The molecule has 0 fully saturated rings. The number of hydrogen-bond donors (Lipinski definition) is 2. The Balaban J connectivity index is 3.89. The number of nitrogens with one attached hydrogen (secondary N) is 1. The van der Waals surface area contributed by atoms with Gasteiger partial charge < -0.3 is 15.8 Å². The summed E-state index contributed by atoms with van der Waals surface area (Å²) in [5.41, 5.74) is 5.45. The van der Waals surface area contributed by atoms with Crippen LogP contribution in [-0.4, -0.2) is 18.6 Å². The van der Waals surface area contributed by atoms with E-state index in [1.165, 1.54) is 6.08 Å². The van der Waals surface area contributed by atoms with Crippen molar-refractivity contribution in [3.8, 4) is 0 Å². The second-order valence-electron chi connectivity index (χ2n) is 2.65. The lowest BCUT2D eigenvalue weighted by atomic mass is 10.4. The molecule has 70 valence electrons. The molecule has 12 heavy (non-hydrogen) atoms. The minimum atomic E-state index is -0.414. The van der Waals surface area contributed by atoms with E-state index in [1.54, 1.807) is 6.92 Å². The van der Waals surface area contributed by atoms with Gasteiger partial charge in [-0.15, -0.1) is 0 Å². The average molecular weight is 172 g/mol. The Hall–Kier alpha value is -1.19. The van der Waals surface area contributed by atoms with E-state index < -0.39 is 5.97 Å². The van der Waals surface area contributed by atoms with E-state index in [-0.39, 0.29) is 6.04 Å². The molecule has 0 saturated heterocycles. The molecule has 0 unspecified atom stereocenters. The van der Waals surface area contributed by atoms with Crippen LogP contribution in [0.2, 0.25) is 0 Å². The molecule has 0 aromatic rings. The van der Waals surface area contributed by atoms with Gasteiger partial charge >= 0.3 is 5.97 Å². The van der Waals surface area contributed by atoms with Crippen LogP contribution < -0.4 is 11.1 Å². The van der Waals surface area contributed by atoms with Crippen molar-refractivity contribution in [1.29, 1.82) is 0 Å². The van der Waals surface area contributed by atoms with Gasteiger partial charge in [0.25, 0.3) is 0 Å². The Morgan fingerprint density at radius 1 is 1.67 bits per heavy atom. The van der Waals surface area contributed by atoms with Crippen molar-refractivity contribution >= 4 is 5.97 Å². The van der Waals surface area contributed by atoms with Crippen LogP contribution in [0.1, 0.15) is 20.8 Å². The first-order valence-corrected chi connectivity index (χ1v) is 3.96. The van der Waals surface area contributed by atoms with Crippen molar-refractivity contribution in [3.05, 3.63) is 11.9 Å². The summed E-state index contributed by atoms with van der Waals surface area (Å²) < 4.78 is 4.66. The predicted molar refractivity (Wildman–Crippen MR) is 47.2 cm³/mol. The highest BCUT2D eigenvalue weighted by Crippen LogP contribution is 1.86. The zero-order valence-electron chi connectivity index (χ0n) is 7.76. The largest absolute Gasteiger partial charge is 0.463 e. The Labute approximate surface area is 72.8 Å². The summed E-state index contributed by atoms with van der Waals surface area (Å²) in [6, 6.07) is 0.218. The molecule has 0 spiro atoms. The normalized spacial score (nSPS) is 11.5. The first kappa shape index (κ1) is 10.8. The minimum absolute atomic E-state index is 0.218. The van der Waals surface area contributed by atoms with Gasteiger partial charge in [0.05, 0.1) is 12.7 Å². The van der Waals surface area contributed by atoms with Gasteiger partial charge in [-0.05, 0) is 20.8 Å². The maximum absolute atomic E-state index is 10.8. The molecule has 0 aliphatic rings. The quantitative estimate of drug-likeness (QED) is 0.474. The summed E-state index contributed by atoms with van der Waals surface area (Å²) in [5, 5.41) is 2.87. The van der Waals surface area contributed by atoms with E-state index in [9.17, 15) is 4.79 Å². The van der Waals surface area contributed by atoms with Crippen molar-refractivity contribution in [1.82, 2.24) is 5.32 Å². The fourth-order valence-electron chi connectivity index (χ4n) is 0.686. The first-order chi connectivity index (χ1) is 5.56. The molecule has 3 N–H and O–H groups in total. The summed E-state index contributed by atoms with van der Waals surface area (Å²) >= 11 is 0. The Bertz CT molecular complexity index is 176. The smallest absolute Gasteiger partial charge is 0.334 e. The van der Waals surface area contributed by atoms with Crippen LogP contribution in [0, 0.1) is 0 Å². The highest BCUT2D eigenvalue weighted by Gasteiger charge is 1.99.